The minimum Gasteiger partial charge on any atom is -0.493 e. The molecule has 0 N–H and O–H groups in total. The number of hydrogen-bond acceptors (Lipinski definition) is 6. The first kappa shape index (κ1) is 22.1. The fraction of sp³-hybridized carbons (Fsp3) is 0.0741. The lowest BCUT2D eigenvalue weighted by Gasteiger charge is -2.09. The lowest BCUT2D eigenvalue weighted by atomic mass is 9.99. The fourth-order valence-corrected chi connectivity index (χ4v) is 3.90. The van der Waals surface area contributed by atoms with Crippen LogP contribution >= 0.6 is 11.3 Å². The quantitative estimate of drug-likeness (QED) is 0.183. The molecule has 4 rings (SSSR count). The van der Waals surface area contributed by atoms with E-state index >= 15 is 0 Å². The van der Waals surface area contributed by atoms with Crippen molar-refractivity contribution < 1.29 is 19.0 Å². The molecule has 0 unspecified atom stereocenters. The van der Waals surface area contributed by atoms with Crippen molar-refractivity contribution in [1.29, 1.82) is 0 Å². The third kappa shape index (κ3) is 5.21. The number of esters is 1. The van der Waals surface area contributed by atoms with Crippen LogP contribution in [0.3, 0.4) is 0 Å². The van der Waals surface area contributed by atoms with Crippen LogP contribution in [0, 0.1) is 0 Å². The number of carbonyl (C=O) groups excluding carboxylic acids is 1. The van der Waals surface area contributed by atoms with Crippen molar-refractivity contribution in [2.75, 3.05) is 14.2 Å². The Kier molecular flexibility index (Phi) is 7.00. The summed E-state index contributed by atoms with van der Waals surface area (Å²) in [5.41, 5.74) is 3.30. The number of nitrogens with zero attached hydrogens (tertiary/aromatic N) is 1. The maximum atomic E-state index is 12.9. The van der Waals surface area contributed by atoms with E-state index in [0.717, 1.165) is 16.7 Å². The summed E-state index contributed by atoms with van der Waals surface area (Å²) in [5, 5.41) is 1.80. The Morgan fingerprint density at radius 3 is 2.06 bits per heavy atom. The van der Waals surface area contributed by atoms with Crippen molar-refractivity contribution in [3.63, 3.8) is 0 Å². The third-order valence-electron chi connectivity index (χ3n) is 4.81. The maximum Gasteiger partial charge on any atom is 0.355 e. The summed E-state index contributed by atoms with van der Waals surface area (Å²) in [4.78, 5) is 17.8. The molecule has 0 saturated heterocycles. The smallest absolute Gasteiger partial charge is 0.355 e. The Bertz CT molecular complexity index is 1260. The molecular formula is C27H21NO4S. The van der Waals surface area contributed by atoms with Crippen LogP contribution in [0.5, 0.6) is 17.2 Å². The highest BCUT2D eigenvalue weighted by molar-refractivity contribution is 7.12. The number of hydrogen-bond donors (Lipinski definition) is 0. The van der Waals surface area contributed by atoms with Gasteiger partial charge in [0.15, 0.2) is 11.5 Å². The second-order valence-electron chi connectivity index (χ2n) is 6.87. The number of carbonyl (C=O) groups is 1. The van der Waals surface area contributed by atoms with E-state index in [9.17, 15) is 4.79 Å². The van der Waals surface area contributed by atoms with Crippen molar-refractivity contribution in [1.82, 2.24) is 0 Å². The van der Waals surface area contributed by atoms with Gasteiger partial charge < -0.3 is 14.2 Å². The molecule has 0 radical (unpaired) electrons. The molecule has 6 heteroatoms. The molecule has 0 aliphatic heterocycles. The Morgan fingerprint density at radius 2 is 1.45 bits per heavy atom. The molecule has 1 aromatic heterocycles. The van der Waals surface area contributed by atoms with Crippen LogP contribution in [0.25, 0.3) is 5.57 Å². The first-order valence-electron chi connectivity index (χ1n) is 10.2. The van der Waals surface area contributed by atoms with Gasteiger partial charge in [-0.05, 0) is 40.6 Å². The van der Waals surface area contributed by atoms with Crippen LogP contribution in [-0.2, 0) is 0 Å². The van der Waals surface area contributed by atoms with Gasteiger partial charge in [-0.15, -0.1) is 11.3 Å². The van der Waals surface area contributed by atoms with E-state index in [-0.39, 0.29) is 0 Å². The SMILES string of the molecule is COc1ccc(OC(=O)c2sccc2N=C=C(c2ccccc2)c2ccccc2)cc1OC. The van der Waals surface area contributed by atoms with Crippen molar-refractivity contribution in [2.45, 2.75) is 0 Å². The van der Waals surface area contributed by atoms with Gasteiger partial charge in [0.1, 0.15) is 10.6 Å². The average molecular weight is 456 g/mol. The number of methoxy groups -OCH3 is 2. The van der Waals surface area contributed by atoms with Gasteiger partial charge in [-0.2, -0.15) is 0 Å². The number of rotatable bonds is 7. The summed E-state index contributed by atoms with van der Waals surface area (Å²) in [7, 11) is 3.07. The van der Waals surface area contributed by atoms with Crippen LogP contribution in [0.4, 0.5) is 5.69 Å². The number of ether oxygens (including phenoxy) is 3. The molecule has 33 heavy (non-hydrogen) atoms. The Morgan fingerprint density at radius 1 is 0.818 bits per heavy atom. The highest BCUT2D eigenvalue weighted by atomic mass is 32.1. The molecule has 0 bridgehead atoms. The van der Waals surface area contributed by atoms with Crippen molar-refractivity contribution in [2.24, 2.45) is 4.99 Å². The van der Waals surface area contributed by atoms with Crippen LogP contribution in [0.1, 0.15) is 20.8 Å². The fourth-order valence-electron chi connectivity index (χ4n) is 3.20. The van der Waals surface area contributed by atoms with E-state index in [4.69, 9.17) is 14.2 Å². The van der Waals surface area contributed by atoms with Crippen LogP contribution in [0.2, 0.25) is 0 Å². The van der Waals surface area contributed by atoms with E-state index in [1.807, 2.05) is 60.7 Å². The number of benzene rings is 3. The van der Waals surface area contributed by atoms with Gasteiger partial charge in [0.2, 0.25) is 0 Å². The molecule has 5 nitrogen and oxygen atoms in total. The molecule has 0 amide bonds. The molecule has 0 aliphatic carbocycles. The van der Waals surface area contributed by atoms with Crippen molar-refractivity contribution in [3.05, 3.63) is 106 Å². The summed E-state index contributed by atoms with van der Waals surface area (Å²) in [6, 6.07) is 26.5. The lowest BCUT2D eigenvalue weighted by Crippen LogP contribution is -2.07. The molecular weight excluding hydrogens is 434 g/mol. The highest BCUT2D eigenvalue weighted by Gasteiger charge is 2.17. The summed E-state index contributed by atoms with van der Waals surface area (Å²) in [5.74, 6) is 4.03. The average Bonchev–Trinajstić information content (AvgIpc) is 3.34. The van der Waals surface area contributed by atoms with E-state index in [1.165, 1.54) is 18.4 Å². The number of aliphatic imine (C=N–C) groups is 1. The van der Waals surface area contributed by atoms with Gasteiger partial charge in [0.05, 0.1) is 25.5 Å². The van der Waals surface area contributed by atoms with Crippen LogP contribution in [-0.4, -0.2) is 26.1 Å². The van der Waals surface area contributed by atoms with E-state index in [1.54, 1.807) is 36.8 Å². The van der Waals surface area contributed by atoms with Crippen LogP contribution in [0.15, 0.2) is 95.3 Å². The summed E-state index contributed by atoms with van der Waals surface area (Å²) < 4.78 is 16.1. The molecule has 0 atom stereocenters. The monoisotopic (exact) mass is 455 g/mol. The van der Waals surface area contributed by atoms with E-state index < -0.39 is 5.97 Å². The van der Waals surface area contributed by atoms with Crippen molar-refractivity contribution >= 4 is 34.4 Å². The Balaban J connectivity index is 1.66. The molecule has 0 spiro atoms. The first-order chi connectivity index (χ1) is 16.2. The first-order valence-corrected chi connectivity index (χ1v) is 11.0. The van der Waals surface area contributed by atoms with Gasteiger partial charge in [0.25, 0.3) is 0 Å². The zero-order valence-electron chi connectivity index (χ0n) is 18.1. The minimum absolute atomic E-state index is 0.353. The molecule has 0 aliphatic rings. The third-order valence-corrected chi connectivity index (χ3v) is 5.69. The summed E-state index contributed by atoms with van der Waals surface area (Å²) >= 11 is 1.26. The van der Waals surface area contributed by atoms with Gasteiger partial charge in [0, 0.05) is 6.07 Å². The second-order valence-corrected chi connectivity index (χ2v) is 7.79. The summed E-state index contributed by atoms with van der Waals surface area (Å²) in [6.07, 6.45) is 0. The molecule has 4 aromatic rings. The minimum atomic E-state index is -0.501. The Hall–Kier alpha value is -4.12. The normalized spacial score (nSPS) is 10.1. The maximum absolute atomic E-state index is 12.9. The predicted octanol–water partition coefficient (Wildman–Crippen LogP) is 6.42. The molecule has 0 saturated carbocycles. The molecule has 164 valence electrons. The molecule has 3 aromatic carbocycles. The van der Waals surface area contributed by atoms with Gasteiger partial charge in [-0.3, -0.25) is 0 Å². The lowest BCUT2D eigenvalue weighted by molar-refractivity contribution is 0.0740. The zero-order chi connectivity index (χ0) is 23.0. The standard InChI is InChI=1S/C27H21NO4S/c1-30-24-14-13-21(17-25(24)31-2)32-27(29)26-23(15-16-33-26)28-18-22(19-9-5-3-6-10-19)20-11-7-4-8-12-20/h3-17H,1-2H3. The van der Waals surface area contributed by atoms with Crippen molar-refractivity contribution in [3.8, 4) is 17.2 Å². The highest BCUT2D eigenvalue weighted by Crippen LogP contribution is 2.33. The van der Waals surface area contributed by atoms with E-state index in [0.29, 0.717) is 27.8 Å². The second kappa shape index (κ2) is 10.5. The topological polar surface area (TPSA) is 57.1 Å². The van der Waals surface area contributed by atoms with E-state index in [2.05, 4.69) is 10.9 Å². The molecule has 0 fully saturated rings. The predicted molar refractivity (Wildman–Crippen MR) is 131 cm³/mol. The van der Waals surface area contributed by atoms with Crippen LogP contribution < -0.4 is 14.2 Å². The number of thiophene rings is 1. The summed E-state index contributed by atoms with van der Waals surface area (Å²) in [6.45, 7) is 0. The van der Waals surface area contributed by atoms with Gasteiger partial charge in [-0.25, -0.2) is 9.79 Å². The Labute approximate surface area is 196 Å². The largest absolute Gasteiger partial charge is 0.493 e. The van der Waals surface area contributed by atoms with Gasteiger partial charge in [-0.1, -0.05) is 60.7 Å². The van der Waals surface area contributed by atoms with Gasteiger partial charge >= 0.3 is 5.97 Å². The molecule has 1 heterocycles. The zero-order valence-corrected chi connectivity index (χ0v) is 19.0.